The third-order valence-corrected chi connectivity index (χ3v) is 5.72. The summed E-state index contributed by atoms with van der Waals surface area (Å²) < 4.78 is 1.87. The largest absolute Gasteiger partial charge is 0.329 e. The molecule has 0 saturated carbocycles. The highest BCUT2D eigenvalue weighted by Crippen LogP contribution is 2.22. The zero-order chi connectivity index (χ0) is 22.6. The minimum absolute atomic E-state index is 0.0535. The molecule has 0 atom stereocenters. The molecule has 3 aromatic heterocycles. The number of carbonyl (C=O) groups excluding carboxylic acids is 1. The van der Waals surface area contributed by atoms with E-state index in [1.165, 1.54) is 5.56 Å². The van der Waals surface area contributed by atoms with Crippen molar-refractivity contribution < 1.29 is 4.79 Å². The quantitative estimate of drug-likeness (QED) is 0.354. The van der Waals surface area contributed by atoms with E-state index in [0.717, 1.165) is 28.0 Å². The van der Waals surface area contributed by atoms with Gasteiger partial charge in [-0.1, -0.05) is 66.7 Å². The average Bonchev–Trinajstić information content (AvgIpc) is 3.20. The Kier molecular flexibility index (Phi) is 5.68. The van der Waals surface area contributed by atoms with Gasteiger partial charge >= 0.3 is 0 Å². The molecular weight excluding hydrogens is 408 g/mol. The third-order valence-electron chi connectivity index (χ3n) is 5.72. The van der Waals surface area contributed by atoms with Crippen molar-refractivity contribution in [3.8, 4) is 11.1 Å². The maximum absolute atomic E-state index is 13.8. The molecule has 1 amide bonds. The predicted octanol–water partition coefficient (Wildman–Crippen LogP) is 5.55. The number of carbonyl (C=O) groups is 1. The molecule has 0 aliphatic carbocycles. The lowest BCUT2D eigenvalue weighted by Crippen LogP contribution is -2.31. The van der Waals surface area contributed by atoms with Crippen LogP contribution in [0.5, 0.6) is 0 Å². The topological polar surface area (TPSA) is 50.5 Å². The Morgan fingerprint density at radius 3 is 2.30 bits per heavy atom. The molecule has 0 radical (unpaired) electrons. The van der Waals surface area contributed by atoms with Gasteiger partial charge in [0.1, 0.15) is 11.3 Å². The highest BCUT2D eigenvalue weighted by molar-refractivity contribution is 5.94. The molecule has 2 aromatic carbocycles. The molecule has 0 fully saturated rings. The average molecular weight is 433 g/mol. The Labute approximate surface area is 193 Å². The minimum Gasteiger partial charge on any atom is -0.329 e. The SMILES string of the molecule is Cc1nc2ccccn2c1C(=O)N(Cc1ccc(-c2ccccc2)cc1)Cc1cccnc1. The summed E-state index contributed by atoms with van der Waals surface area (Å²) in [6, 6.07) is 28.3. The molecular formula is C28H24N4O. The fourth-order valence-corrected chi connectivity index (χ4v) is 4.09. The summed E-state index contributed by atoms with van der Waals surface area (Å²) in [5.41, 5.74) is 6.47. The Hall–Kier alpha value is -4.25. The molecule has 0 spiro atoms. The minimum atomic E-state index is -0.0535. The van der Waals surface area contributed by atoms with Gasteiger partial charge in [0.2, 0.25) is 0 Å². The molecule has 5 rings (SSSR count). The fraction of sp³-hybridized carbons (Fsp3) is 0.107. The van der Waals surface area contributed by atoms with Crippen molar-refractivity contribution in [1.82, 2.24) is 19.3 Å². The molecule has 0 unspecified atom stereocenters. The van der Waals surface area contributed by atoms with Gasteiger partial charge in [-0.2, -0.15) is 0 Å². The lowest BCUT2D eigenvalue weighted by atomic mass is 10.0. The Morgan fingerprint density at radius 2 is 1.55 bits per heavy atom. The zero-order valence-electron chi connectivity index (χ0n) is 18.4. The van der Waals surface area contributed by atoms with E-state index in [0.29, 0.717) is 18.8 Å². The van der Waals surface area contributed by atoms with Crippen LogP contribution >= 0.6 is 0 Å². The van der Waals surface area contributed by atoms with E-state index in [1.54, 1.807) is 12.4 Å². The van der Waals surface area contributed by atoms with E-state index in [2.05, 4.69) is 46.4 Å². The fourth-order valence-electron chi connectivity index (χ4n) is 4.09. The summed E-state index contributed by atoms with van der Waals surface area (Å²) in [7, 11) is 0. The number of nitrogens with zero attached hydrogens (tertiary/aromatic N) is 4. The number of fused-ring (bicyclic) bond motifs is 1. The van der Waals surface area contributed by atoms with Crippen molar-refractivity contribution >= 4 is 11.6 Å². The van der Waals surface area contributed by atoms with Gasteiger partial charge in [0, 0.05) is 31.7 Å². The van der Waals surface area contributed by atoms with Gasteiger partial charge in [-0.3, -0.25) is 14.2 Å². The number of rotatable bonds is 6. The van der Waals surface area contributed by atoms with Gasteiger partial charge < -0.3 is 4.90 Å². The van der Waals surface area contributed by atoms with Crippen LogP contribution in [0.2, 0.25) is 0 Å². The van der Waals surface area contributed by atoms with Crippen molar-refractivity contribution in [3.63, 3.8) is 0 Å². The predicted molar refractivity (Wildman–Crippen MR) is 130 cm³/mol. The van der Waals surface area contributed by atoms with Crippen molar-refractivity contribution in [3.05, 3.63) is 126 Å². The van der Waals surface area contributed by atoms with Crippen LogP contribution in [0.25, 0.3) is 16.8 Å². The zero-order valence-corrected chi connectivity index (χ0v) is 18.4. The number of amides is 1. The molecule has 5 nitrogen and oxygen atoms in total. The first-order valence-electron chi connectivity index (χ1n) is 11.0. The van der Waals surface area contributed by atoms with E-state index in [4.69, 9.17) is 0 Å². The number of hydrogen-bond acceptors (Lipinski definition) is 3. The smallest absolute Gasteiger partial charge is 0.273 e. The second-order valence-corrected chi connectivity index (χ2v) is 8.06. The summed E-state index contributed by atoms with van der Waals surface area (Å²) in [6.07, 6.45) is 5.44. The van der Waals surface area contributed by atoms with E-state index in [1.807, 2.05) is 71.0 Å². The molecule has 0 aliphatic rings. The van der Waals surface area contributed by atoms with E-state index in [-0.39, 0.29) is 5.91 Å². The van der Waals surface area contributed by atoms with Crippen molar-refractivity contribution in [2.24, 2.45) is 0 Å². The van der Waals surface area contributed by atoms with Crippen LogP contribution in [0.4, 0.5) is 0 Å². The number of hydrogen-bond donors (Lipinski definition) is 0. The molecule has 3 heterocycles. The van der Waals surface area contributed by atoms with Crippen LogP contribution < -0.4 is 0 Å². The molecule has 0 bridgehead atoms. The lowest BCUT2D eigenvalue weighted by Gasteiger charge is -2.23. The first-order valence-corrected chi connectivity index (χ1v) is 11.0. The van der Waals surface area contributed by atoms with E-state index < -0.39 is 0 Å². The maximum Gasteiger partial charge on any atom is 0.273 e. The van der Waals surface area contributed by atoms with E-state index >= 15 is 0 Å². The lowest BCUT2D eigenvalue weighted by molar-refractivity contribution is 0.0722. The van der Waals surface area contributed by atoms with Crippen LogP contribution in [-0.4, -0.2) is 25.2 Å². The Bertz CT molecular complexity index is 1380. The van der Waals surface area contributed by atoms with Crippen LogP contribution in [0.15, 0.2) is 104 Å². The summed E-state index contributed by atoms with van der Waals surface area (Å²) in [6.45, 7) is 2.84. The molecule has 33 heavy (non-hydrogen) atoms. The molecule has 5 aromatic rings. The number of aromatic nitrogens is 3. The van der Waals surface area contributed by atoms with Gasteiger partial charge in [0.15, 0.2) is 0 Å². The van der Waals surface area contributed by atoms with Crippen LogP contribution in [0, 0.1) is 6.92 Å². The molecule has 0 saturated heterocycles. The van der Waals surface area contributed by atoms with Gasteiger partial charge in [0.05, 0.1) is 5.69 Å². The number of imidazole rings is 1. The number of pyridine rings is 2. The first-order chi connectivity index (χ1) is 16.2. The standard InChI is InChI=1S/C28H24N4O/c1-21-27(32-17-6-5-11-26(32)30-21)28(33)31(20-23-8-7-16-29-18-23)19-22-12-14-25(15-13-22)24-9-3-2-4-10-24/h2-18H,19-20H2,1H3. The monoisotopic (exact) mass is 432 g/mol. The highest BCUT2D eigenvalue weighted by Gasteiger charge is 2.23. The summed E-state index contributed by atoms with van der Waals surface area (Å²) >= 11 is 0. The number of aryl methyl sites for hydroxylation is 1. The summed E-state index contributed by atoms with van der Waals surface area (Å²) in [4.78, 5) is 24.4. The Balaban J connectivity index is 1.47. The first kappa shape index (κ1) is 20.6. The normalized spacial score (nSPS) is 10.9. The molecule has 0 aliphatic heterocycles. The molecule has 0 N–H and O–H groups in total. The van der Waals surface area contributed by atoms with E-state index in [9.17, 15) is 4.79 Å². The summed E-state index contributed by atoms with van der Waals surface area (Å²) in [5, 5.41) is 0. The Morgan fingerprint density at radius 1 is 0.818 bits per heavy atom. The van der Waals surface area contributed by atoms with Crippen LogP contribution in [0.1, 0.15) is 27.3 Å². The molecule has 162 valence electrons. The van der Waals surface area contributed by atoms with Gasteiger partial charge in [-0.25, -0.2) is 4.98 Å². The maximum atomic E-state index is 13.8. The highest BCUT2D eigenvalue weighted by atomic mass is 16.2. The molecule has 5 heteroatoms. The van der Waals surface area contributed by atoms with Crippen LogP contribution in [0.3, 0.4) is 0 Å². The second kappa shape index (κ2) is 9.09. The van der Waals surface area contributed by atoms with Gasteiger partial charge in [-0.05, 0) is 47.4 Å². The van der Waals surface area contributed by atoms with Gasteiger partial charge in [0.25, 0.3) is 5.91 Å². The van der Waals surface area contributed by atoms with Gasteiger partial charge in [-0.15, -0.1) is 0 Å². The van der Waals surface area contributed by atoms with Crippen molar-refractivity contribution in [2.75, 3.05) is 0 Å². The van der Waals surface area contributed by atoms with Crippen LogP contribution in [-0.2, 0) is 13.1 Å². The number of benzene rings is 2. The summed E-state index contributed by atoms with van der Waals surface area (Å²) in [5.74, 6) is -0.0535. The van der Waals surface area contributed by atoms with Crippen molar-refractivity contribution in [2.45, 2.75) is 20.0 Å². The van der Waals surface area contributed by atoms with Crippen molar-refractivity contribution in [1.29, 1.82) is 0 Å². The second-order valence-electron chi connectivity index (χ2n) is 8.06. The third kappa shape index (κ3) is 4.39.